The van der Waals surface area contributed by atoms with Crippen LogP contribution in [0.25, 0.3) is 0 Å². The highest BCUT2D eigenvalue weighted by Crippen LogP contribution is 2.24. The van der Waals surface area contributed by atoms with E-state index in [9.17, 15) is 0 Å². The third-order valence-electron chi connectivity index (χ3n) is 6.40. The van der Waals surface area contributed by atoms with Gasteiger partial charge in [0, 0.05) is 64.2 Å². The van der Waals surface area contributed by atoms with E-state index in [2.05, 4.69) is 62.0 Å². The van der Waals surface area contributed by atoms with Crippen molar-refractivity contribution in [1.82, 2.24) is 20.5 Å². The lowest BCUT2D eigenvalue weighted by molar-refractivity contribution is 0.198. The van der Waals surface area contributed by atoms with E-state index in [4.69, 9.17) is 4.98 Å². The summed E-state index contributed by atoms with van der Waals surface area (Å²) < 4.78 is 0. The van der Waals surface area contributed by atoms with Gasteiger partial charge in [-0.15, -0.1) is 35.3 Å². The smallest absolute Gasteiger partial charge is 0.191 e. The van der Waals surface area contributed by atoms with Crippen LogP contribution in [0.2, 0.25) is 0 Å². The standard InChI is InChI=1S/C24H36N6S.HI/c1-19-7-3-4-8-20(19)17-29-15-10-21(11-16-29)27-23(25-2)26-12-9-22-18-31-24(28-22)30-13-5-6-14-30;/h3-4,7-8,18,21H,5-6,9-17H2,1-2H3,(H2,25,26,27);1H. The zero-order chi connectivity index (χ0) is 21.5. The number of benzene rings is 1. The van der Waals surface area contributed by atoms with Crippen LogP contribution in [0.1, 0.15) is 42.5 Å². The van der Waals surface area contributed by atoms with Crippen LogP contribution in [-0.2, 0) is 13.0 Å². The summed E-state index contributed by atoms with van der Waals surface area (Å²) >= 11 is 1.78. The fraction of sp³-hybridized carbons (Fsp3) is 0.583. The quantitative estimate of drug-likeness (QED) is 0.300. The summed E-state index contributed by atoms with van der Waals surface area (Å²) in [6.45, 7) is 8.69. The molecule has 0 spiro atoms. The summed E-state index contributed by atoms with van der Waals surface area (Å²) in [5.41, 5.74) is 4.01. The van der Waals surface area contributed by atoms with E-state index in [1.54, 1.807) is 11.3 Å². The molecule has 1 aromatic carbocycles. The molecule has 0 amide bonds. The number of aliphatic imine (C=N–C) groups is 1. The van der Waals surface area contributed by atoms with E-state index in [1.807, 2.05) is 7.05 Å². The van der Waals surface area contributed by atoms with Gasteiger partial charge in [-0.05, 0) is 43.7 Å². The molecule has 0 aliphatic carbocycles. The van der Waals surface area contributed by atoms with Crippen LogP contribution in [-0.4, -0.2) is 61.7 Å². The molecular formula is C24H37IN6S. The van der Waals surface area contributed by atoms with Crippen molar-refractivity contribution >= 4 is 46.4 Å². The lowest BCUT2D eigenvalue weighted by atomic mass is 10.0. The first-order chi connectivity index (χ1) is 15.2. The summed E-state index contributed by atoms with van der Waals surface area (Å²) in [5, 5.41) is 10.5. The van der Waals surface area contributed by atoms with E-state index >= 15 is 0 Å². The number of hydrogen-bond acceptors (Lipinski definition) is 5. The van der Waals surface area contributed by atoms with Crippen LogP contribution in [0.15, 0.2) is 34.6 Å². The summed E-state index contributed by atoms with van der Waals surface area (Å²) in [7, 11) is 1.86. The summed E-state index contributed by atoms with van der Waals surface area (Å²) in [5.74, 6) is 0.910. The van der Waals surface area contributed by atoms with Crippen molar-refractivity contribution in [1.29, 1.82) is 0 Å². The van der Waals surface area contributed by atoms with Crippen LogP contribution in [0.5, 0.6) is 0 Å². The minimum atomic E-state index is 0. The number of guanidine groups is 1. The average Bonchev–Trinajstić information content (AvgIpc) is 3.48. The van der Waals surface area contributed by atoms with Crippen LogP contribution < -0.4 is 15.5 Å². The second-order valence-corrected chi connectivity index (χ2v) is 9.52. The molecule has 3 heterocycles. The maximum atomic E-state index is 4.82. The van der Waals surface area contributed by atoms with Crippen molar-refractivity contribution in [3.05, 3.63) is 46.5 Å². The topological polar surface area (TPSA) is 55.8 Å². The highest BCUT2D eigenvalue weighted by atomic mass is 127. The normalized spacial score (nSPS) is 17.9. The van der Waals surface area contributed by atoms with E-state index in [0.29, 0.717) is 6.04 Å². The zero-order valence-electron chi connectivity index (χ0n) is 19.3. The molecule has 176 valence electrons. The predicted octanol–water partition coefficient (Wildman–Crippen LogP) is 4.04. The first-order valence-electron chi connectivity index (χ1n) is 11.6. The van der Waals surface area contributed by atoms with Crippen LogP contribution >= 0.6 is 35.3 Å². The molecular weight excluding hydrogens is 531 g/mol. The van der Waals surface area contributed by atoms with Gasteiger partial charge in [-0.2, -0.15) is 0 Å². The average molecular weight is 569 g/mol. The van der Waals surface area contributed by atoms with Gasteiger partial charge in [0.25, 0.3) is 0 Å². The Morgan fingerprint density at radius 2 is 1.91 bits per heavy atom. The Bertz CT molecular complexity index is 856. The number of nitrogens with zero attached hydrogens (tertiary/aromatic N) is 4. The second kappa shape index (κ2) is 12.7. The minimum Gasteiger partial charge on any atom is -0.356 e. The molecule has 2 saturated heterocycles. The highest BCUT2D eigenvalue weighted by Gasteiger charge is 2.20. The third kappa shape index (κ3) is 7.05. The number of piperidine rings is 1. The van der Waals surface area contributed by atoms with E-state index in [0.717, 1.165) is 64.5 Å². The maximum absolute atomic E-state index is 4.82. The molecule has 6 nitrogen and oxygen atoms in total. The van der Waals surface area contributed by atoms with Crippen LogP contribution in [0.4, 0.5) is 5.13 Å². The fourth-order valence-corrected chi connectivity index (χ4v) is 5.34. The first kappa shape index (κ1) is 25.2. The predicted molar refractivity (Wildman–Crippen MR) is 147 cm³/mol. The van der Waals surface area contributed by atoms with Gasteiger partial charge in [0.1, 0.15) is 0 Å². The SMILES string of the molecule is CN=C(NCCc1csc(N2CCCC2)n1)NC1CCN(Cc2ccccc2C)CC1.I. The number of rotatable bonds is 7. The Morgan fingerprint density at radius 3 is 2.62 bits per heavy atom. The Kier molecular flexibility index (Phi) is 10.1. The summed E-state index contributed by atoms with van der Waals surface area (Å²) in [4.78, 5) is 14.2. The van der Waals surface area contributed by atoms with Gasteiger partial charge in [0.2, 0.25) is 0 Å². The molecule has 2 aliphatic heterocycles. The van der Waals surface area contributed by atoms with Crippen molar-refractivity contribution in [2.75, 3.05) is 44.7 Å². The summed E-state index contributed by atoms with van der Waals surface area (Å²) in [6.07, 6.45) is 5.82. The van der Waals surface area contributed by atoms with Crippen molar-refractivity contribution in [3.63, 3.8) is 0 Å². The van der Waals surface area contributed by atoms with Crippen molar-refractivity contribution in [2.24, 2.45) is 4.99 Å². The van der Waals surface area contributed by atoms with Gasteiger partial charge in [-0.3, -0.25) is 9.89 Å². The Labute approximate surface area is 213 Å². The number of likely N-dealkylation sites (tertiary alicyclic amines) is 1. The van der Waals surface area contributed by atoms with Crippen molar-refractivity contribution in [2.45, 2.75) is 51.6 Å². The minimum absolute atomic E-state index is 0. The zero-order valence-corrected chi connectivity index (χ0v) is 22.5. The molecule has 1 aromatic heterocycles. The highest BCUT2D eigenvalue weighted by molar-refractivity contribution is 14.0. The lowest BCUT2D eigenvalue weighted by Crippen LogP contribution is -2.48. The molecule has 0 unspecified atom stereocenters. The molecule has 2 N–H and O–H groups in total. The molecule has 4 rings (SSSR count). The number of nitrogens with one attached hydrogen (secondary N) is 2. The summed E-state index contributed by atoms with van der Waals surface area (Å²) in [6, 6.07) is 9.21. The number of aryl methyl sites for hydroxylation is 1. The molecule has 0 atom stereocenters. The maximum Gasteiger partial charge on any atom is 0.191 e. The molecule has 8 heteroatoms. The molecule has 0 bridgehead atoms. The van der Waals surface area contributed by atoms with E-state index in [-0.39, 0.29) is 24.0 Å². The van der Waals surface area contributed by atoms with Gasteiger partial charge in [-0.1, -0.05) is 24.3 Å². The van der Waals surface area contributed by atoms with Crippen LogP contribution in [0.3, 0.4) is 0 Å². The number of hydrogen-bond donors (Lipinski definition) is 2. The molecule has 2 aliphatic rings. The number of anilines is 1. The Balaban J connectivity index is 0.00000289. The third-order valence-corrected chi connectivity index (χ3v) is 7.35. The Morgan fingerprint density at radius 1 is 1.16 bits per heavy atom. The van der Waals surface area contributed by atoms with Gasteiger partial charge < -0.3 is 15.5 Å². The van der Waals surface area contributed by atoms with E-state index in [1.165, 1.54) is 34.8 Å². The van der Waals surface area contributed by atoms with Gasteiger partial charge in [0.15, 0.2) is 11.1 Å². The molecule has 2 fully saturated rings. The monoisotopic (exact) mass is 568 g/mol. The van der Waals surface area contributed by atoms with Crippen molar-refractivity contribution < 1.29 is 0 Å². The number of aromatic nitrogens is 1. The van der Waals surface area contributed by atoms with Gasteiger partial charge >= 0.3 is 0 Å². The number of thiazole rings is 1. The largest absolute Gasteiger partial charge is 0.356 e. The Hall–Kier alpha value is -1.39. The van der Waals surface area contributed by atoms with Crippen LogP contribution in [0, 0.1) is 6.92 Å². The fourth-order valence-electron chi connectivity index (χ4n) is 4.43. The van der Waals surface area contributed by atoms with Gasteiger partial charge in [0.05, 0.1) is 5.69 Å². The van der Waals surface area contributed by atoms with Gasteiger partial charge in [-0.25, -0.2) is 4.98 Å². The number of halogens is 1. The molecule has 0 saturated carbocycles. The molecule has 0 radical (unpaired) electrons. The van der Waals surface area contributed by atoms with Crippen molar-refractivity contribution in [3.8, 4) is 0 Å². The van der Waals surface area contributed by atoms with E-state index < -0.39 is 0 Å². The molecule has 32 heavy (non-hydrogen) atoms. The second-order valence-electron chi connectivity index (χ2n) is 8.69. The lowest BCUT2D eigenvalue weighted by Gasteiger charge is -2.33. The first-order valence-corrected chi connectivity index (χ1v) is 12.5. The molecule has 2 aromatic rings.